The van der Waals surface area contributed by atoms with Crippen LogP contribution in [-0.4, -0.2) is 30.4 Å². The number of hydrogen-bond acceptors (Lipinski definition) is 5. The summed E-state index contributed by atoms with van der Waals surface area (Å²) in [6.45, 7) is 5.44. The van der Waals surface area contributed by atoms with E-state index in [9.17, 15) is 0 Å². The van der Waals surface area contributed by atoms with Gasteiger partial charge in [0, 0.05) is 20.1 Å². The SMILES string of the molecule is COCCNc1nc(Cc2cc(C)cc(C)c2)no1. The molecule has 0 aliphatic carbocycles. The van der Waals surface area contributed by atoms with Gasteiger partial charge in [0.25, 0.3) is 0 Å². The van der Waals surface area contributed by atoms with Crippen molar-refractivity contribution in [1.82, 2.24) is 10.1 Å². The maximum atomic E-state index is 5.12. The number of aryl methyl sites for hydroxylation is 2. The van der Waals surface area contributed by atoms with Crippen LogP contribution in [0.15, 0.2) is 22.7 Å². The zero-order chi connectivity index (χ0) is 13.7. The molecular formula is C14H19N3O2. The fourth-order valence-corrected chi connectivity index (χ4v) is 2.01. The number of anilines is 1. The van der Waals surface area contributed by atoms with Gasteiger partial charge in [-0.2, -0.15) is 4.98 Å². The van der Waals surface area contributed by atoms with Crippen molar-refractivity contribution in [2.24, 2.45) is 0 Å². The molecule has 0 saturated heterocycles. The highest BCUT2D eigenvalue weighted by Crippen LogP contribution is 2.13. The van der Waals surface area contributed by atoms with E-state index in [0.717, 1.165) is 0 Å². The highest BCUT2D eigenvalue weighted by molar-refractivity contribution is 5.30. The summed E-state index contributed by atoms with van der Waals surface area (Å²) in [4.78, 5) is 4.29. The molecule has 0 bridgehead atoms. The number of hydrogen-bond donors (Lipinski definition) is 1. The number of ether oxygens (including phenoxy) is 1. The van der Waals surface area contributed by atoms with Crippen LogP contribution in [0.1, 0.15) is 22.5 Å². The van der Waals surface area contributed by atoms with Crippen molar-refractivity contribution in [3.05, 3.63) is 40.7 Å². The third-order valence-corrected chi connectivity index (χ3v) is 2.69. The van der Waals surface area contributed by atoms with Crippen LogP contribution in [0, 0.1) is 13.8 Å². The molecule has 19 heavy (non-hydrogen) atoms. The average molecular weight is 261 g/mol. The largest absolute Gasteiger partial charge is 0.383 e. The van der Waals surface area contributed by atoms with E-state index in [2.05, 4.69) is 47.5 Å². The van der Waals surface area contributed by atoms with E-state index in [1.54, 1.807) is 7.11 Å². The van der Waals surface area contributed by atoms with E-state index in [1.165, 1.54) is 16.7 Å². The van der Waals surface area contributed by atoms with Gasteiger partial charge in [-0.15, -0.1) is 0 Å². The number of rotatable bonds is 6. The van der Waals surface area contributed by atoms with E-state index in [0.29, 0.717) is 31.4 Å². The Balaban J connectivity index is 1.99. The quantitative estimate of drug-likeness (QED) is 0.809. The van der Waals surface area contributed by atoms with E-state index < -0.39 is 0 Å². The van der Waals surface area contributed by atoms with Gasteiger partial charge in [0.15, 0.2) is 5.82 Å². The van der Waals surface area contributed by atoms with Gasteiger partial charge in [0.1, 0.15) is 0 Å². The molecule has 2 rings (SSSR count). The van der Waals surface area contributed by atoms with Crippen LogP contribution in [-0.2, 0) is 11.2 Å². The molecule has 0 radical (unpaired) electrons. The Morgan fingerprint density at radius 2 is 1.95 bits per heavy atom. The van der Waals surface area contributed by atoms with E-state index in [-0.39, 0.29) is 0 Å². The lowest BCUT2D eigenvalue weighted by Crippen LogP contribution is -2.07. The van der Waals surface area contributed by atoms with Crippen LogP contribution in [0.4, 0.5) is 6.01 Å². The van der Waals surface area contributed by atoms with Crippen LogP contribution in [0.2, 0.25) is 0 Å². The van der Waals surface area contributed by atoms with Crippen LogP contribution in [0.3, 0.4) is 0 Å². The fourth-order valence-electron chi connectivity index (χ4n) is 2.01. The molecule has 0 aliphatic heterocycles. The molecule has 102 valence electrons. The normalized spacial score (nSPS) is 10.7. The first kappa shape index (κ1) is 13.5. The van der Waals surface area contributed by atoms with E-state index in [4.69, 9.17) is 9.26 Å². The van der Waals surface area contributed by atoms with Gasteiger partial charge >= 0.3 is 6.01 Å². The Bertz CT molecular complexity index is 517. The van der Waals surface area contributed by atoms with Crippen molar-refractivity contribution < 1.29 is 9.26 Å². The van der Waals surface area contributed by atoms with Crippen LogP contribution < -0.4 is 5.32 Å². The summed E-state index contributed by atoms with van der Waals surface area (Å²) >= 11 is 0. The topological polar surface area (TPSA) is 60.2 Å². The Morgan fingerprint density at radius 3 is 2.63 bits per heavy atom. The number of benzene rings is 1. The molecule has 5 heteroatoms. The highest BCUT2D eigenvalue weighted by Gasteiger charge is 2.07. The van der Waals surface area contributed by atoms with Crippen molar-refractivity contribution in [1.29, 1.82) is 0 Å². The predicted octanol–water partition coefficient (Wildman–Crippen LogP) is 2.34. The second kappa shape index (κ2) is 6.33. The Labute approximate surface area is 113 Å². The molecule has 0 fully saturated rings. The summed E-state index contributed by atoms with van der Waals surface area (Å²) in [5.41, 5.74) is 3.69. The van der Waals surface area contributed by atoms with E-state index >= 15 is 0 Å². The van der Waals surface area contributed by atoms with Gasteiger partial charge < -0.3 is 14.6 Å². The lowest BCUT2D eigenvalue weighted by Gasteiger charge is -2.01. The monoisotopic (exact) mass is 261 g/mol. The first-order valence-electron chi connectivity index (χ1n) is 6.30. The average Bonchev–Trinajstić information content (AvgIpc) is 2.76. The molecule has 0 unspecified atom stereocenters. The Kier molecular flexibility index (Phi) is 4.52. The molecule has 0 amide bonds. The molecule has 5 nitrogen and oxygen atoms in total. The fraction of sp³-hybridized carbons (Fsp3) is 0.429. The van der Waals surface area contributed by atoms with E-state index in [1.807, 2.05) is 0 Å². The van der Waals surface area contributed by atoms with Crippen molar-refractivity contribution in [3.8, 4) is 0 Å². The van der Waals surface area contributed by atoms with Crippen molar-refractivity contribution in [2.75, 3.05) is 25.6 Å². The first-order valence-corrected chi connectivity index (χ1v) is 6.30. The summed E-state index contributed by atoms with van der Waals surface area (Å²) in [5, 5.41) is 6.97. The van der Waals surface area contributed by atoms with Gasteiger partial charge in [-0.25, -0.2) is 0 Å². The molecule has 1 N–H and O–H groups in total. The maximum Gasteiger partial charge on any atom is 0.321 e. The summed E-state index contributed by atoms with van der Waals surface area (Å²) in [5.74, 6) is 0.685. The molecule has 2 aromatic rings. The number of nitrogens with zero attached hydrogens (tertiary/aromatic N) is 2. The molecule has 0 atom stereocenters. The smallest absolute Gasteiger partial charge is 0.321 e. The molecular weight excluding hydrogens is 242 g/mol. The summed E-state index contributed by atoms with van der Waals surface area (Å²) < 4.78 is 10.1. The molecule has 1 heterocycles. The van der Waals surface area contributed by atoms with Gasteiger partial charge in [-0.1, -0.05) is 34.5 Å². The maximum absolute atomic E-state index is 5.12. The summed E-state index contributed by atoms with van der Waals surface area (Å²) in [6, 6.07) is 6.87. The second-order valence-electron chi connectivity index (χ2n) is 4.61. The minimum Gasteiger partial charge on any atom is -0.383 e. The molecule has 1 aromatic heterocycles. The lowest BCUT2D eigenvalue weighted by molar-refractivity contribution is 0.210. The third kappa shape index (κ3) is 4.06. The zero-order valence-corrected chi connectivity index (χ0v) is 11.6. The van der Waals surface area contributed by atoms with Crippen LogP contribution in [0.25, 0.3) is 0 Å². The van der Waals surface area contributed by atoms with Crippen LogP contribution >= 0.6 is 0 Å². The van der Waals surface area contributed by atoms with Gasteiger partial charge in [-0.3, -0.25) is 0 Å². The number of methoxy groups -OCH3 is 1. The third-order valence-electron chi connectivity index (χ3n) is 2.69. The van der Waals surface area contributed by atoms with Gasteiger partial charge in [0.05, 0.1) is 6.61 Å². The lowest BCUT2D eigenvalue weighted by atomic mass is 10.1. The molecule has 0 saturated carbocycles. The second-order valence-corrected chi connectivity index (χ2v) is 4.61. The number of aromatic nitrogens is 2. The first-order chi connectivity index (χ1) is 9.17. The standard InChI is InChI=1S/C14H19N3O2/c1-10-6-11(2)8-12(7-10)9-13-16-14(19-17-13)15-4-5-18-3/h6-8H,4-5,9H2,1-3H3,(H,15,16,17). The van der Waals surface area contributed by atoms with Gasteiger partial charge in [-0.05, 0) is 19.4 Å². The Morgan fingerprint density at radius 1 is 1.21 bits per heavy atom. The minimum absolute atomic E-state index is 0.441. The predicted molar refractivity (Wildman–Crippen MR) is 73.4 cm³/mol. The highest BCUT2D eigenvalue weighted by atomic mass is 16.5. The van der Waals surface area contributed by atoms with Gasteiger partial charge in [0.2, 0.25) is 0 Å². The Hall–Kier alpha value is -1.88. The molecule has 0 aliphatic rings. The van der Waals surface area contributed by atoms with Crippen molar-refractivity contribution in [3.63, 3.8) is 0 Å². The summed E-state index contributed by atoms with van der Waals surface area (Å²) in [6.07, 6.45) is 0.679. The minimum atomic E-state index is 0.441. The van der Waals surface area contributed by atoms with Crippen molar-refractivity contribution in [2.45, 2.75) is 20.3 Å². The molecule has 1 aromatic carbocycles. The van der Waals surface area contributed by atoms with Crippen LogP contribution in [0.5, 0.6) is 0 Å². The molecule has 0 spiro atoms. The number of nitrogens with one attached hydrogen (secondary N) is 1. The zero-order valence-electron chi connectivity index (χ0n) is 11.6. The summed E-state index contributed by atoms with van der Waals surface area (Å²) in [7, 11) is 1.65. The van der Waals surface area contributed by atoms with Crippen molar-refractivity contribution >= 4 is 6.01 Å².